The summed E-state index contributed by atoms with van der Waals surface area (Å²) in [4.78, 5) is 26.1. The Morgan fingerprint density at radius 1 is 1.00 bits per heavy atom. The summed E-state index contributed by atoms with van der Waals surface area (Å²) in [6.45, 7) is 8.45. The standard InChI is InChI=1S/C23H34N2O5S/c1-18(2)25(19(3)4)22(26)17-30-23(27)14-11-20-9-12-21(13-10-20)31(28,29)24-15-7-5-6-8-16-24/h9-14,18-19H,5-8,15-17H2,1-4H3. The van der Waals surface area contributed by atoms with Gasteiger partial charge in [-0.15, -0.1) is 0 Å². The first-order valence-electron chi connectivity index (χ1n) is 10.9. The van der Waals surface area contributed by atoms with Crippen LogP contribution in [0.4, 0.5) is 0 Å². The van der Waals surface area contributed by atoms with Crippen molar-refractivity contribution >= 4 is 28.0 Å². The topological polar surface area (TPSA) is 84.0 Å². The minimum atomic E-state index is -3.50. The average molecular weight is 451 g/mol. The van der Waals surface area contributed by atoms with Crippen LogP contribution in [0.3, 0.4) is 0 Å². The molecule has 1 aliphatic heterocycles. The third-order valence-electron chi connectivity index (χ3n) is 5.23. The maximum Gasteiger partial charge on any atom is 0.331 e. The quantitative estimate of drug-likeness (QED) is 0.447. The van der Waals surface area contributed by atoms with E-state index in [2.05, 4.69) is 0 Å². The van der Waals surface area contributed by atoms with Crippen molar-refractivity contribution in [1.82, 2.24) is 9.21 Å². The van der Waals surface area contributed by atoms with Gasteiger partial charge in [0.05, 0.1) is 4.90 Å². The van der Waals surface area contributed by atoms with E-state index in [1.54, 1.807) is 33.5 Å². The molecule has 0 unspecified atom stereocenters. The monoisotopic (exact) mass is 450 g/mol. The molecule has 1 aromatic carbocycles. The van der Waals surface area contributed by atoms with E-state index in [0.29, 0.717) is 18.7 Å². The predicted molar refractivity (Wildman–Crippen MR) is 121 cm³/mol. The second-order valence-electron chi connectivity index (χ2n) is 8.32. The zero-order valence-electron chi connectivity index (χ0n) is 18.9. The van der Waals surface area contributed by atoms with Crippen LogP contribution in [-0.2, 0) is 24.3 Å². The van der Waals surface area contributed by atoms with Crippen LogP contribution in [0.25, 0.3) is 6.08 Å². The molecule has 0 N–H and O–H groups in total. The van der Waals surface area contributed by atoms with Crippen LogP contribution in [0.2, 0.25) is 0 Å². The van der Waals surface area contributed by atoms with Crippen molar-refractivity contribution in [3.63, 3.8) is 0 Å². The largest absolute Gasteiger partial charge is 0.452 e. The van der Waals surface area contributed by atoms with Crippen LogP contribution in [-0.4, -0.2) is 61.3 Å². The molecule has 0 spiro atoms. The Hall–Kier alpha value is -2.19. The minimum absolute atomic E-state index is 0.0193. The first kappa shape index (κ1) is 25.1. The molecular formula is C23H34N2O5S. The lowest BCUT2D eigenvalue weighted by atomic mass is 10.2. The van der Waals surface area contributed by atoms with E-state index in [1.165, 1.54) is 12.2 Å². The van der Waals surface area contributed by atoms with E-state index in [4.69, 9.17) is 4.74 Å². The molecular weight excluding hydrogens is 416 g/mol. The number of nitrogens with zero attached hydrogens (tertiary/aromatic N) is 2. The normalized spacial score (nSPS) is 15.9. The highest BCUT2D eigenvalue weighted by Crippen LogP contribution is 2.21. The van der Waals surface area contributed by atoms with E-state index in [9.17, 15) is 18.0 Å². The van der Waals surface area contributed by atoms with Crippen molar-refractivity contribution in [1.29, 1.82) is 0 Å². The molecule has 1 heterocycles. The number of hydrogen-bond donors (Lipinski definition) is 0. The van der Waals surface area contributed by atoms with E-state index in [1.807, 2.05) is 27.7 Å². The molecule has 0 bridgehead atoms. The number of carbonyl (C=O) groups excluding carboxylic acids is 2. The number of sulfonamides is 1. The fourth-order valence-corrected chi connectivity index (χ4v) is 5.29. The number of rotatable bonds is 8. The van der Waals surface area contributed by atoms with Crippen molar-refractivity contribution in [2.75, 3.05) is 19.7 Å². The summed E-state index contributed by atoms with van der Waals surface area (Å²) < 4.78 is 32.2. The third-order valence-corrected chi connectivity index (χ3v) is 7.15. The van der Waals surface area contributed by atoms with Gasteiger partial charge in [-0.05, 0) is 64.3 Å². The molecule has 172 valence electrons. The van der Waals surface area contributed by atoms with Gasteiger partial charge in [-0.3, -0.25) is 4.79 Å². The molecule has 1 saturated heterocycles. The van der Waals surface area contributed by atoms with Crippen LogP contribution in [0.5, 0.6) is 0 Å². The SMILES string of the molecule is CC(C)N(C(=O)COC(=O)C=Cc1ccc(S(=O)(=O)N2CCCCCC2)cc1)C(C)C. The summed E-state index contributed by atoms with van der Waals surface area (Å²) in [7, 11) is -3.50. The summed E-state index contributed by atoms with van der Waals surface area (Å²) in [6, 6.07) is 6.45. The van der Waals surface area contributed by atoms with Gasteiger partial charge in [0, 0.05) is 31.2 Å². The van der Waals surface area contributed by atoms with Crippen molar-refractivity contribution in [2.45, 2.75) is 70.4 Å². The molecule has 0 aliphatic carbocycles. The molecule has 0 aromatic heterocycles. The van der Waals surface area contributed by atoms with Gasteiger partial charge in [0.25, 0.3) is 5.91 Å². The van der Waals surface area contributed by atoms with E-state index in [-0.39, 0.29) is 29.5 Å². The Balaban J connectivity index is 1.94. The second-order valence-corrected chi connectivity index (χ2v) is 10.3. The Morgan fingerprint density at radius 2 is 1.55 bits per heavy atom. The second kappa shape index (κ2) is 11.4. The maximum absolute atomic E-state index is 12.8. The zero-order valence-corrected chi connectivity index (χ0v) is 19.7. The van der Waals surface area contributed by atoms with Crippen LogP contribution >= 0.6 is 0 Å². The summed E-state index contributed by atoms with van der Waals surface area (Å²) >= 11 is 0. The van der Waals surface area contributed by atoms with Crippen LogP contribution in [0.15, 0.2) is 35.2 Å². The average Bonchev–Trinajstić information content (AvgIpc) is 3.00. The number of esters is 1. The van der Waals surface area contributed by atoms with Gasteiger partial charge in [-0.25, -0.2) is 13.2 Å². The summed E-state index contributed by atoms with van der Waals surface area (Å²) in [6.07, 6.45) is 6.67. The van der Waals surface area contributed by atoms with Gasteiger partial charge in [-0.2, -0.15) is 4.31 Å². The van der Waals surface area contributed by atoms with Crippen LogP contribution in [0.1, 0.15) is 58.9 Å². The van der Waals surface area contributed by atoms with Gasteiger partial charge in [0.2, 0.25) is 10.0 Å². The van der Waals surface area contributed by atoms with E-state index in [0.717, 1.165) is 25.7 Å². The number of hydrogen-bond acceptors (Lipinski definition) is 5. The molecule has 8 heteroatoms. The number of ether oxygens (including phenoxy) is 1. The zero-order chi connectivity index (χ0) is 23.0. The molecule has 1 amide bonds. The molecule has 0 atom stereocenters. The lowest BCUT2D eigenvalue weighted by molar-refractivity contribution is -0.150. The molecule has 2 rings (SSSR count). The first-order valence-corrected chi connectivity index (χ1v) is 12.3. The van der Waals surface area contributed by atoms with Crippen LogP contribution < -0.4 is 0 Å². The van der Waals surface area contributed by atoms with E-state index >= 15 is 0 Å². The fourth-order valence-electron chi connectivity index (χ4n) is 3.77. The predicted octanol–water partition coefficient (Wildman–Crippen LogP) is 3.45. The number of benzene rings is 1. The fraction of sp³-hybridized carbons (Fsp3) is 0.565. The third kappa shape index (κ3) is 7.18. The number of carbonyl (C=O) groups is 2. The summed E-state index contributed by atoms with van der Waals surface area (Å²) in [5, 5.41) is 0. The molecule has 31 heavy (non-hydrogen) atoms. The molecule has 1 aromatic rings. The first-order chi connectivity index (χ1) is 14.6. The lowest BCUT2D eigenvalue weighted by Gasteiger charge is -2.30. The minimum Gasteiger partial charge on any atom is -0.452 e. The van der Waals surface area contributed by atoms with Crippen molar-refractivity contribution in [3.05, 3.63) is 35.9 Å². The highest BCUT2D eigenvalue weighted by molar-refractivity contribution is 7.89. The lowest BCUT2D eigenvalue weighted by Crippen LogP contribution is -2.44. The molecule has 0 saturated carbocycles. The summed E-state index contributed by atoms with van der Waals surface area (Å²) in [5.74, 6) is -0.864. The van der Waals surface area contributed by atoms with Gasteiger partial charge < -0.3 is 9.64 Å². The Kier molecular flexibility index (Phi) is 9.25. The van der Waals surface area contributed by atoms with Gasteiger partial charge in [0.15, 0.2) is 6.61 Å². The Morgan fingerprint density at radius 3 is 2.06 bits per heavy atom. The highest BCUT2D eigenvalue weighted by Gasteiger charge is 2.25. The Bertz CT molecular complexity index is 860. The van der Waals surface area contributed by atoms with Crippen molar-refractivity contribution in [2.24, 2.45) is 0 Å². The smallest absolute Gasteiger partial charge is 0.331 e. The van der Waals surface area contributed by atoms with Crippen LogP contribution in [0, 0.1) is 0 Å². The molecule has 7 nitrogen and oxygen atoms in total. The van der Waals surface area contributed by atoms with E-state index < -0.39 is 16.0 Å². The summed E-state index contributed by atoms with van der Waals surface area (Å²) in [5.41, 5.74) is 0.670. The van der Waals surface area contributed by atoms with Gasteiger partial charge >= 0.3 is 5.97 Å². The van der Waals surface area contributed by atoms with Gasteiger partial charge in [-0.1, -0.05) is 25.0 Å². The molecule has 1 fully saturated rings. The van der Waals surface area contributed by atoms with Crippen molar-refractivity contribution < 1.29 is 22.7 Å². The Labute approximate surface area is 186 Å². The van der Waals surface area contributed by atoms with Gasteiger partial charge in [0.1, 0.15) is 0 Å². The highest BCUT2D eigenvalue weighted by atomic mass is 32.2. The maximum atomic E-state index is 12.8. The molecule has 1 aliphatic rings. The van der Waals surface area contributed by atoms with Crippen molar-refractivity contribution in [3.8, 4) is 0 Å². The number of amides is 1. The molecule has 0 radical (unpaired) electrons.